The van der Waals surface area contributed by atoms with Crippen molar-refractivity contribution in [1.29, 1.82) is 0 Å². The van der Waals surface area contributed by atoms with Crippen molar-refractivity contribution in [2.75, 3.05) is 31.1 Å². The molecule has 2 aromatic heterocycles. The van der Waals surface area contributed by atoms with E-state index in [1.165, 1.54) is 18.5 Å². The fraction of sp³-hybridized carbons (Fsp3) is 0.160. The number of hydrogen-bond acceptors (Lipinski definition) is 6. The lowest BCUT2D eigenvalue weighted by Crippen LogP contribution is -2.49. The highest BCUT2D eigenvalue weighted by Gasteiger charge is 2.26. The maximum Gasteiger partial charge on any atom is 0.254 e. The van der Waals surface area contributed by atoms with Crippen LogP contribution >= 0.6 is 0 Å². The first-order valence-electron chi connectivity index (χ1n) is 11.0. The second-order valence-electron chi connectivity index (χ2n) is 8.15. The number of amides is 1. The minimum Gasteiger partial charge on any atom is -0.351 e. The lowest BCUT2D eigenvalue weighted by Gasteiger charge is -2.35. The molecule has 6 rings (SSSR count). The molecule has 1 aliphatic heterocycles. The quantitative estimate of drug-likeness (QED) is 0.416. The van der Waals surface area contributed by atoms with Gasteiger partial charge in [0.2, 0.25) is 0 Å². The molecule has 5 aromatic rings. The number of aromatic nitrogens is 5. The molecular formula is C25H20FN7O. The molecule has 0 atom stereocenters. The summed E-state index contributed by atoms with van der Waals surface area (Å²) < 4.78 is 14.9. The van der Waals surface area contributed by atoms with Crippen molar-refractivity contribution in [2.45, 2.75) is 0 Å². The average Bonchev–Trinajstić information content (AvgIpc) is 3.33. The van der Waals surface area contributed by atoms with Gasteiger partial charge < -0.3 is 9.80 Å². The number of halogens is 1. The lowest BCUT2D eigenvalue weighted by atomic mass is 10.0. The zero-order valence-electron chi connectivity index (χ0n) is 18.2. The first-order valence-corrected chi connectivity index (χ1v) is 11.0. The van der Waals surface area contributed by atoms with E-state index in [2.05, 4.69) is 25.2 Å². The van der Waals surface area contributed by atoms with E-state index in [0.717, 1.165) is 16.3 Å². The molecule has 0 N–H and O–H groups in total. The highest BCUT2D eigenvalue weighted by Crippen LogP contribution is 2.25. The van der Waals surface area contributed by atoms with Gasteiger partial charge in [0.25, 0.3) is 5.91 Å². The normalized spacial score (nSPS) is 14.1. The summed E-state index contributed by atoms with van der Waals surface area (Å²) in [5, 5.41) is 10.5. The van der Waals surface area contributed by atoms with Gasteiger partial charge >= 0.3 is 0 Å². The van der Waals surface area contributed by atoms with Crippen molar-refractivity contribution < 1.29 is 9.18 Å². The number of carbonyl (C=O) groups excluding carboxylic acids is 1. The second-order valence-corrected chi connectivity index (χ2v) is 8.15. The predicted molar refractivity (Wildman–Crippen MR) is 126 cm³/mol. The third-order valence-electron chi connectivity index (χ3n) is 6.18. The highest BCUT2D eigenvalue weighted by atomic mass is 19.1. The van der Waals surface area contributed by atoms with E-state index in [0.29, 0.717) is 48.8 Å². The monoisotopic (exact) mass is 453 g/mol. The van der Waals surface area contributed by atoms with Crippen LogP contribution < -0.4 is 4.90 Å². The van der Waals surface area contributed by atoms with Gasteiger partial charge in [-0.3, -0.25) is 4.79 Å². The minimum atomic E-state index is -0.320. The Labute approximate surface area is 194 Å². The number of fused-ring (bicyclic) bond motifs is 2. The van der Waals surface area contributed by atoms with Crippen LogP contribution in [-0.2, 0) is 0 Å². The first kappa shape index (κ1) is 20.2. The standard InChI is InChI=1S/C25H20FN7O/c26-18-8-10-19(11-9-18)33-24-22(29-30-33)23(27-16-28-24)31-12-14-32(15-13-31)25(34)21-7-3-5-17-4-1-2-6-20(17)21/h1-11,16H,12-15H2. The Hall–Kier alpha value is -4.40. The van der Waals surface area contributed by atoms with Crippen molar-refractivity contribution in [3.63, 3.8) is 0 Å². The molecule has 1 saturated heterocycles. The molecule has 1 aliphatic rings. The summed E-state index contributed by atoms with van der Waals surface area (Å²) in [7, 11) is 0. The lowest BCUT2D eigenvalue weighted by molar-refractivity contribution is 0.0748. The van der Waals surface area contributed by atoms with E-state index >= 15 is 0 Å². The molecule has 3 heterocycles. The minimum absolute atomic E-state index is 0.0338. The van der Waals surface area contributed by atoms with Gasteiger partial charge in [-0.25, -0.2) is 14.4 Å². The third-order valence-corrected chi connectivity index (χ3v) is 6.18. The van der Waals surface area contributed by atoms with E-state index in [-0.39, 0.29) is 11.7 Å². The van der Waals surface area contributed by atoms with E-state index in [4.69, 9.17) is 0 Å². The fourth-order valence-electron chi connectivity index (χ4n) is 4.43. The van der Waals surface area contributed by atoms with Gasteiger partial charge in [0, 0.05) is 31.7 Å². The molecule has 9 heteroatoms. The number of anilines is 1. The van der Waals surface area contributed by atoms with Gasteiger partial charge in [0.15, 0.2) is 17.0 Å². The van der Waals surface area contributed by atoms with Gasteiger partial charge in [-0.2, -0.15) is 4.68 Å². The van der Waals surface area contributed by atoms with Crippen molar-refractivity contribution in [3.05, 3.63) is 84.4 Å². The molecular weight excluding hydrogens is 433 g/mol. The van der Waals surface area contributed by atoms with Crippen LogP contribution in [0.4, 0.5) is 10.2 Å². The van der Waals surface area contributed by atoms with Crippen molar-refractivity contribution >= 4 is 33.7 Å². The molecule has 0 saturated carbocycles. The summed E-state index contributed by atoms with van der Waals surface area (Å²) in [4.78, 5) is 26.1. The molecule has 1 amide bonds. The predicted octanol–water partition coefficient (Wildman–Crippen LogP) is 3.47. The molecule has 0 spiro atoms. The molecule has 3 aromatic carbocycles. The zero-order chi connectivity index (χ0) is 23.1. The van der Waals surface area contributed by atoms with Gasteiger partial charge in [-0.15, -0.1) is 5.10 Å². The topological polar surface area (TPSA) is 80.0 Å². The van der Waals surface area contributed by atoms with Crippen LogP contribution in [0.1, 0.15) is 10.4 Å². The van der Waals surface area contributed by atoms with Gasteiger partial charge in [0.1, 0.15) is 12.1 Å². The molecule has 0 bridgehead atoms. The fourth-order valence-corrected chi connectivity index (χ4v) is 4.43. The Morgan fingerprint density at radius 1 is 0.853 bits per heavy atom. The smallest absolute Gasteiger partial charge is 0.254 e. The van der Waals surface area contributed by atoms with Crippen LogP contribution in [0.5, 0.6) is 0 Å². The summed E-state index contributed by atoms with van der Waals surface area (Å²) >= 11 is 0. The number of rotatable bonds is 3. The van der Waals surface area contributed by atoms with Crippen molar-refractivity contribution in [3.8, 4) is 5.69 Å². The second kappa shape index (κ2) is 8.18. The van der Waals surface area contributed by atoms with E-state index in [9.17, 15) is 9.18 Å². The van der Waals surface area contributed by atoms with Crippen molar-refractivity contribution in [1.82, 2.24) is 29.9 Å². The van der Waals surface area contributed by atoms with Crippen LogP contribution in [-0.4, -0.2) is 61.9 Å². The van der Waals surface area contributed by atoms with E-state index in [1.807, 2.05) is 47.4 Å². The number of nitrogens with zero attached hydrogens (tertiary/aromatic N) is 7. The molecule has 168 valence electrons. The molecule has 0 radical (unpaired) electrons. The maximum atomic E-state index is 13.3. The summed E-state index contributed by atoms with van der Waals surface area (Å²) in [5.74, 6) is 0.390. The zero-order valence-corrected chi connectivity index (χ0v) is 18.2. The average molecular weight is 453 g/mol. The highest BCUT2D eigenvalue weighted by molar-refractivity contribution is 6.07. The molecule has 0 aliphatic carbocycles. The third kappa shape index (κ3) is 3.42. The van der Waals surface area contributed by atoms with E-state index < -0.39 is 0 Å². The number of carbonyl (C=O) groups is 1. The molecule has 8 nitrogen and oxygen atoms in total. The largest absolute Gasteiger partial charge is 0.351 e. The maximum absolute atomic E-state index is 13.3. The van der Waals surface area contributed by atoms with Crippen molar-refractivity contribution in [2.24, 2.45) is 0 Å². The SMILES string of the molecule is O=C(c1cccc2ccccc12)N1CCN(c2ncnc3c2nnn3-c2ccc(F)cc2)CC1. The van der Waals surface area contributed by atoms with Crippen LogP contribution in [0.2, 0.25) is 0 Å². The summed E-state index contributed by atoms with van der Waals surface area (Å²) in [6.07, 6.45) is 1.48. The van der Waals surface area contributed by atoms with Crippen LogP contribution in [0.25, 0.3) is 27.6 Å². The van der Waals surface area contributed by atoms with Crippen LogP contribution in [0.3, 0.4) is 0 Å². The molecule has 34 heavy (non-hydrogen) atoms. The Morgan fingerprint density at radius 2 is 1.62 bits per heavy atom. The Bertz CT molecular complexity index is 1500. The molecule has 0 unspecified atom stereocenters. The Morgan fingerprint density at radius 3 is 2.44 bits per heavy atom. The Kier molecular flexibility index (Phi) is 4.87. The summed E-state index contributed by atoms with van der Waals surface area (Å²) in [5.41, 5.74) is 2.50. The van der Waals surface area contributed by atoms with Crippen LogP contribution in [0.15, 0.2) is 73.1 Å². The number of hydrogen-bond donors (Lipinski definition) is 0. The Balaban J connectivity index is 1.24. The number of piperazine rings is 1. The summed E-state index contributed by atoms with van der Waals surface area (Å²) in [6.45, 7) is 2.37. The first-order chi connectivity index (χ1) is 16.7. The van der Waals surface area contributed by atoms with Gasteiger partial charge in [-0.1, -0.05) is 41.6 Å². The molecule has 1 fully saturated rings. The van der Waals surface area contributed by atoms with E-state index in [1.54, 1.807) is 16.8 Å². The van der Waals surface area contributed by atoms with Crippen LogP contribution in [0, 0.1) is 5.82 Å². The van der Waals surface area contributed by atoms with Gasteiger partial charge in [0.05, 0.1) is 5.69 Å². The number of benzene rings is 3. The summed E-state index contributed by atoms with van der Waals surface area (Å²) in [6, 6.07) is 19.8. The van der Waals surface area contributed by atoms with Gasteiger partial charge in [-0.05, 0) is 41.1 Å².